The highest BCUT2D eigenvalue weighted by atomic mass is 19.1. The number of rotatable bonds is 2. The molecule has 0 spiro atoms. The fourth-order valence-corrected chi connectivity index (χ4v) is 2.00. The number of halogens is 1. The number of methoxy groups -OCH3 is 1. The lowest BCUT2D eigenvalue weighted by Crippen LogP contribution is -2.03. The molecule has 5 nitrogen and oxygen atoms in total. The predicted molar refractivity (Wildman–Crippen MR) is 69.8 cm³/mol. The van der Waals surface area contributed by atoms with Crippen LogP contribution in [-0.4, -0.2) is 21.6 Å². The lowest BCUT2D eigenvalue weighted by molar-refractivity contribution is 0.409. The Bertz CT molecular complexity index is 753. The number of nitrogens with zero attached hydrogens (tertiary/aromatic N) is 3. The number of pyridine rings is 1. The fraction of sp³-hybridized carbons (Fsp3) is 0.0769. The van der Waals surface area contributed by atoms with E-state index in [9.17, 15) is 4.39 Å². The van der Waals surface area contributed by atoms with Crippen LogP contribution in [0.15, 0.2) is 36.5 Å². The molecular weight excluding hydrogens is 247 g/mol. The minimum Gasteiger partial charge on any atom is -0.494 e. The molecule has 0 unspecified atom stereocenters. The topological polar surface area (TPSA) is 66.0 Å². The molecule has 1 aromatic carbocycles. The van der Waals surface area contributed by atoms with E-state index >= 15 is 0 Å². The van der Waals surface area contributed by atoms with Crippen LogP contribution in [0.4, 0.5) is 10.3 Å². The average molecular weight is 258 g/mol. The Morgan fingerprint density at radius 2 is 2.16 bits per heavy atom. The van der Waals surface area contributed by atoms with Gasteiger partial charge < -0.3 is 10.5 Å². The van der Waals surface area contributed by atoms with Crippen LogP contribution in [-0.2, 0) is 0 Å². The Hall–Kier alpha value is -2.63. The van der Waals surface area contributed by atoms with Crippen molar-refractivity contribution in [2.24, 2.45) is 0 Å². The van der Waals surface area contributed by atoms with Crippen molar-refractivity contribution in [2.45, 2.75) is 0 Å². The third-order valence-electron chi connectivity index (χ3n) is 2.82. The van der Waals surface area contributed by atoms with Crippen LogP contribution >= 0.6 is 0 Å². The maximum absolute atomic E-state index is 13.2. The largest absolute Gasteiger partial charge is 0.494 e. The van der Waals surface area contributed by atoms with Crippen molar-refractivity contribution in [3.8, 4) is 11.4 Å². The van der Waals surface area contributed by atoms with Crippen molar-refractivity contribution in [1.82, 2.24) is 14.5 Å². The molecule has 2 heterocycles. The van der Waals surface area contributed by atoms with E-state index in [4.69, 9.17) is 10.5 Å². The van der Waals surface area contributed by atoms with E-state index in [0.29, 0.717) is 22.6 Å². The van der Waals surface area contributed by atoms with Crippen molar-refractivity contribution in [1.29, 1.82) is 0 Å². The third-order valence-corrected chi connectivity index (χ3v) is 2.82. The Balaban J connectivity index is 2.33. The molecule has 0 aliphatic carbocycles. The first-order chi connectivity index (χ1) is 9.20. The van der Waals surface area contributed by atoms with E-state index in [1.165, 1.54) is 19.2 Å². The summed E-state index contributed by atoms with van der Waals surface area (Å²) in [5, 5.41) is 0. The van der Waals surface area contributed by atoms with Crippen molar-refractivity contribution in [3.05, 3.63) is 42.3 Å². The Labute approximate surface area is 108 Å². The predicted octanol–water partition coefficient (Wildman–Crippen LogP) is 2.15. The molecule has 0 aliphatic heterocycles. The van der Waals surface area contributed by atoms with Gasteiger partial charge in [0.25, 0.3) is 0 Å². The molecule has 0 saturated heterocycles. The van der Waals surface area contributed by atoms with E-state index < -0.39 is 0 Å². The zero-order chi connectivity index (χ0) is 13.4. The highest BCUT2D eigenvalue weighted by Crippen LogP contribution is 2.29. The highest BCUT2D eigenvalue weighted by Gasteiger charge is 2.14. The number of ether oxygens (including phenoxy) is 1. The summed E-state index contributed by atoms with van der Waals surface area (Å²) in [6, 6.07) is 7.81. The molecule has 6 heteroatoms. The van der Waals surface area contributed by atoms with Gasteiger partial charge in [0.15, 0.2) is 5.65 Å². The molecule has 0 aliphatic rings. The second kappa shape index (κ2) is 4.24. The second-order valence-corrected chi connectivity index (χ2v) is 3.97. The SMILES string of the molecule is COc1cc(F)ccc1-n1c(N)nc2cccnc21. The van der Waals surface area contributed by atoms with E-state index in [-0.39, 0.29) is 11.8 Å². The normalized spacial score (nSPS) is 10.8. The summed E-state index contributed by atoms with van der Waals surface area (Å²) in [5.74, 6) is 0.270. The lowest BCUT2D eigenvalue weighted by Gasteiger charge is -2.10. The molecule has 0 radical (unpaired) electrons. The lowest BCUT2D eigenvalue weighted by atomic mass is 10.2. The minimum atomic E-state index is -0.378. The fourth-order valence-electron chi connectivity index (χ4n) is 2.00. The van der Waals surface area contributed by atoms with Gasteiger partial charge in [0, 0.05) is 12.3 Å². The van der Waals surface area contributed by atoms with Crippen molar-refractivity contribution in [2.75, 3.05) is 12.8 Å². The van der Waals surface area contributed by atoms with Crippen molar-refractivity contribution in [3.63, 3.8) is 0 Å². The summed E-state index contributed by atoms with van der Waals surface area (Å²) in [5.41, 5.74) is 7.78. The molecule has 3 rings (SSSR count). The zero-order valence-corrected chi connectivity index (χ0v) is 10.2. The van der Waals surface area contributed by atoms with Crippen LogP contribution in [0.25, 0.3) is 16.9 Å². The van der Waals surface area contributed by atoms with E-state index in [1.807, 2.05) is 6.07 Å². The molecule has 96 valence electrons. The Kier molecular flexibility index (Phi) is 2.56. The number of hydrogen-bond acceptors (Lipinski definition) is 4. The first-order valence-corrected chi connectivity index (χ1v) is 5.63. The molecule has 2 aromatic heterocycles. The molecule has 3 aromatic rings. The van der Waals surface area contributed by atoms with Gasteiger partial charge in [0.05, 0.1) is 12.8 Å². The van der Waals surface area contributed by atoms with Crippen LogP contribution in [0.3, 0.4) is 0 Å². The van der Waals surface area contributed by atoms with Gasteiger partial charge in [-0.3, -0.25) is 4.57 Å². The summed E-state index contributed by atoms with van der Waals surface area (Å²) in [7, 11) is 1.47. The van der Waals surface area contributed by atoms with Crippen LogP contribution in [0.2, 0.25) is 0 Å². The standard InChI is InChI=1S/C13H11FN4O/c1-19-11-7-8(14)4-5-10(11)18-12-9(17-13(18)15)3-2-6-16-12/h2-7H,1H3,(H2,15,17). The second-order valence-electron chi connectivity index (χ2n) is 3.97. The van der Waals surface area contributed by atoms with Gasteiger partial charge in [0.2, 0.25) is 5.95 Å². The first-order valence-electron chi connectivity index (χ1n) is 5.63. The van der Waals surface area contributed by atoms with Gasteiger partial charge in [-0.05, 0) is 24.3 Å². The Morgan fingerprint density at radius 1 is 1.32 bits per heavy atom. The van der Waals surface area contributed by atoms with Gasteiger partial charge in [-0.15, -0.1) is 0 Å². The number of fused-ring (bicyclic) bond motifs is 1. The van der Waals surface area contributed by atoms with Crippen LogP contribution in [0.1, 0.15) is 0 Å². The van der Waals surface area contributed by atoms with E-state index in [2.05, 4.69) is 9.97 Å². The summed E-state index contributed by atoms with van der Waals surface area (Å²) < 4.78 is 20.1. The summed E-state index contributed by atoms with van der Waals surface area (Å²) >= 11 is 0. The average Bonchev–Trinajstić information content (AvgIpc) is 2.74. The number of hydrogen-bond donors (Lipinski definition) is 1. The number of aromatic nitrogens is 3. The van der Waals surface area contributed by atoms with Gasteiger partial charge in [-0.2, -0.15) is 0 Å². The first kappa shape index (κ1) is 11.5. The highest BCUT2D eigenvalue weighted by molar-refractivity contribution is 5.77. The number of anilines is 1. The number of nitrogen functional groups attached to an aromatic ring is 1. The van der Waals surface area contributed by atoms with Crippen LogP contribution < -0.4 is 10.5 Å². The van der Waals surface area contributed by atoms with Crippen molar-refractivity contribution < 1.29 is 9.13 Å². The van der Waals surface area contributed by atoms with Crippen LogP contribution in [0, 0.1) is 5.82 Å². The quantitative estimate of drug-likeness (QED) is 0.764. The maximum atomic E-state index is 13.2. The van der Waals surface area contributed by atoms with Crippen LogP contribution in [0.5, 0.6) is 5.75 Å². The summed E-state index contributed by atoms with van der Waals surface area (Å²) in [6.07, 6.45) is 1.65. The molecule has 0 fully saturated rings. The minimum absolute atomic E-state index is 0.276. The van der Waals surface area contributed by atoms with E-state index in [1.54, 1.807) is 22.9 Å². The molecular formula is C13H11FN4O. The molecule has 0 saturated carbocycles. The number of imidazole rings is 1. The van der Waals surface area contributed by atoms with E-state index in [0.717, 1.165) is 0 Å². The molecule has 19 heavy (non-hydrogen) atoms. The number of nitrogens with two attached hydrogens (primary N) is 1. The maximum Gasteiger partial charge on any atom is 0.207 e. The zero-order valence-electron chi connectivity index (χ0n) is 10.2. The Morgan fingerprint density at radius 3 is 2.95 bits per heavy atom. The molecule has 2 N–H and O–H groups in total. The third kappa shape index (κ3) is 1.77. The molecule has 0 bridgehead atoms. The van der Waals surface area contributed by atoms with Gasteiger partial charge in [-0.25, -0.2) is 14.4 Å². The molecule has 0 atom stereocenters. The summed E-state index contributed by atoms with van der Waals surface area (Å²) in [6.45, 7) is 0. The summed E-state index contributed by atoms with van der Waals surface area (Å²) in [4.78, 5) is 8.46. The molecule has 0 amide bonds. The smallest absolute Gasteiger partial charge is 0.207 e. The monoisotopic (exact) mass is 258 g/mol. The van der Waals surface area contributed by atoms with Gasteiger partial charge in [-0.1, -0.05) is 0 Å². The van der Waals surface area contributed by atoms with Gasteiger partial charge in [0.1, 0.15) is 17.1 Å². The van der Waals surface area contributed by atoms with Gasteiger partial charge >= 0.3 is 0 Å². The van der Waals surface area contributed by atoms with Crippen molar-refractivity contribution >= 4 is 17.1 Å². The number of benzene rings is 1.